The summed E-state index contributed by atoms with van der Waals surface area (Å²) in [6.45, 7) is 5.30. The Morgan fingerprint density at radius 1 is 1.35 bits per heavy atom. The summed E-state index contributed by atoms with van der Waals surface area (Å²) in [5, 5.41) is 9.00. The van der Waals surface area contributed by atoms with E-state index in [1.807, 2.05) is 13.8 Å². The predicted molar refractivity (Wildman–Crippen MR) is 79.1 cm³/mol. The van der Waals surface area contributed by atoms with Crippen molar-refractivity contribution in [1.29, 1.82) is 5.26 Å². The van der Waals surface area contributed by atoms with Crippen LogP contribution >= 0.6 is 0 Å². The van der Waals surface area contributed by atoms with Crippen LogP contribution in [0.1, 0.15) is 58.8 Å². The molecule has 4 nitrogen and oxygen atoms in total. The molecular weight excluding hydrogens is 252 g/mol. The Kier molecular flexibility index (Phi) is 7.01. The van der Waals surface area contributed by atoms with Crippen LogP contribution in [0.15, 0.2) is 0 Å². The van der Waals surface area contributed by atoms with Gasteiger partial charge in [0.15, 0.2) is 0 Å². The number of nitrogens with zero attached hydrogens (tertiary/aromatic N) is 2. The first-order valence-corrected chi connectivity index (χ1v) is 7.70. The number of hydrogen-bond donors (Lipinski definition) is 0. The Hall–Kier alpha value is -1.08. The standard InChI is InChI=1S/C16H28N2O2/c1-16(2,13-17)10-6-7-11-18(12-15(19)20-3)14-8-4-5-9-14/h14H,4-12H2,1-3H3. The van der Waals surface area contributed by atoms with E-state index in [4.69, 9.17) is 10.00 Å². The van der Waals surface area contributed by atoms with Crippen LogP contribution in [-0.4, -0.2) is 37.1 Å². The van der Waals surface area contributed by atoms with Crippen LogP contribution in [-0.2, 0) is 9.53 Å². The van der Waals surface area contributed by atoms with Crippen LogP contribution in [0, 0.1) is 16.7 Å². The highest BCUT2D eigenvalue weighted by atomic mass is 16.5. The van der Waals surface area contributed by atoms with E-state index in [9.17, 15) is 4.79 Å². The van der Waals surface area contributed by atoms with Crippen molar-refractivity contribution in [3.63, 3.8) is 0 Å². The van der Waals surface area contributed by atoms with E-state index in [0.717, 1.165) is 25.8 Å². The van der Waals surface area contributed by atoms with E-state index in [1.165, 1.54) is 32.8 Å². The average molecular weight is 280 g/mol. The van der Waals surface area contributed by atoms with Gasteiger partial charge in [-0.05, 0) is 46.1 Å². The number of rotatable bonds is 8. The summed E-state index contributed by atoms with van der Waals surface area (Å²) >= 11 is 0. The lowest BCUT2D eigenvalue weighted by atomic mass is 9.89. The fourth-order valence-electron chi connectivity index (χ4n) is 2.83. The van der Waals surface area contributed by atoms with Gasteiger partial charge in [0, 0.05) is 6.04 Å². The molecule has 1 rings (SSSR count). The number of ether oxygens (including phenoxy) is 1. The largest absolute Gasteiger partial charge is 0.468 e. The number of nitriles is 1. The molecule has 0 unspecified atom stereocenters. The van der Waals surface area contributed by atoms with Crippen molar-refractivity contribution in [3.05, 3.63) is 0 Å². The Morgan fingerprint density at radius 3 is 2.55 bits per heavy atom. The van der Waals surface area contributed by atoms with Crippen LogP contribution in [0.2, 0.25) is 0 Å². The van der Waals surface area contributed by atoms with Crippen LogP contribution in [0.3, 0.4) is 0 Å². The maximum atomic E-state index is 11.5. The van der Waals surface area contributed by atoms with Crippen LogP contribution in [0.25, 0.3) is 0 Å². The lowest BCUT2D eigenvalue weighted by Gasteiger charge is -2.28. The van der Waals surface area contributed by atoms with Gasteiger partial charge in [0.1, 0.15) is 0 Å². The van der Waals surface area contributed by atoms with Crippen molar-refractivity contribution in [2.24, 2.45) is 5.41 Å². The minimum atomic E-state index is -0.236. The van der Waals surface area contributed by atoms with Gasteiger partial charge >= 0.3 is 5.97 Å². The molecule has 0 radical (unpaired) electrons. The van der Waals surface area contributed by atoms with Crippen LogP contribution in [0.4, 0.5) is 0 Å². The zero-order valence-corrected chi connectivity index (χ0v) is 13.2. The predicted octanol–water partition coefficient (Wildman–Crippen LogP) is 3.12. The van der Waals surface area contributed by atoms with E-state index in [-0.39, 0.29) is 11.4 Å². The van der Waals surface area contributed by atoms with Crippen molar-refractivity contribution >= 4 is 5.97 Å². The second kappa shape index (κ2) is 8.26. The number of methoxy groups -OCH3 is 1. The van der Waals surface area contributed by atoms with E-state index in [1.54, 1.807) is 0 Å². The second-order valence-electron chi connectivity index (χ2n) is 6.44. The molecule has 0 bridgehead atoms. The van der Waals surface area contributed by atoms with Crippen LogP contribution in [0.5, 0.6) is 0 Å². The van der Waals surface area contributed by atoms with Gasteiger partial charge in [-0.15, -0.1) is 0 Å². The van der Waals surface area contributed by atoms with Gasteiger partial charge in [0.2, 0.25) is 0 Å². The van der Waals surface area contributed by atoms with Crippen molar-refractivity contribution < 1.29 is 9.53 Å². The molecule has 1 aliphatic carbocycles. The summed E-state index contributed by atoms with van der Waals surface area (Å²) in [7, 11) is 1.45. The summed E-state index contributed by atoms with van der Waals surface area (Å²) < 4.78 is 4.79. The summed E-state index contributed by atoms with van der Waals surface area (Å²) in [6, 6.07) is 2.88. The Morgan fingerprint density at radius 2 is 2.00 bits per heavy atom. The van der Waals surface area contributed by atoms with Gasteiger partial charge in [-0.1, -0.05) is 19.3 Å². The van der Waals surface area contributed by atoms with Gasteiger partial charge in [-0.2, -0.15) is 5.26 Å². The summed E-state index contributed by atoms with van der Waals surface area (Å²) in [4.78, 5) is 13.8. The smallest absolute Gasteiger partial charge is 0.319 e. The molecule has 0 N–H and O–H groups in total. The first kappa shape index (κ1) is 17.0. The third kappa shape index (κ3) is 5.92. The molecule has 0 aromatic rings. The molecular formula is C16H28N2O2. The minimum absolute atomic E-state index is 0.144. The van der Waals surface area contributed by atoms with Crippen molar-refractivity contribution in [2.45, 2.75) is 64.8 Å². The summed E-state index contributed by atoms with van der Waals surface area (Å²) in [6.07, 6.45) is 7.92. The van der Waals surface area contributed by atoms with Gasteiger partial charge in [0.05, 0.1) is 25.1 Å². The maximum Gasteiger partial charge on any atom is 0.319 e. The molecule has 0 saturated heterocycles. The second-order valence-corrected chi connectivity index (χ2v) is 6.44. The fourth-order valence-corrected chi connectivity index (χ4v) is 2.83. The minimum Gasteiger partial charge on any atom is -0.468 e. The Balaban J connectivity index is 2.37. The molecule has 1 aliphatic rings. The molecule has 0 heterocycles. The molecule has 0 aromatic heterocycles. The van der Waals surface area contributed by atoms with E-state index < -0.39 is 0 Å². The molecule has 4 heteroatoms. The quantitative estimate of drug-likeness (QED) is 0.506. The lowest BCUT2D eigenvalue weighted by Crippen LogP contribution is -2.38. The Bertz CT molecular complexity index is 341. The van der Waals surface area contributed by atoms with Gasteiger partial charge in [0.25, 0.3) is 0 Å². The molecule has 0 amide bonds. The molecule has 1 saturated carbocycles. The van der Waals surface area contributed by atoms with Crippen LogP contribution < -0.4 is 0 Å². The molecule has 0 spiro atoms. The van der Waals surface area contributed by atoms with Gasteiger partial charge < -0.3 is 4.74 Å². The molecule has 114 valence electrons. The molecule has 0 atom stereocenters. The number of esters is 1. The maximum absolute atomic E-state index is 11.5. The lowest BCUT2D eigenvalue weighted by molar-refractivity contribution is -0.142. The zero-order chi connectivity index (χ0) is 15.0. The number of hydrogen-bond acceptors (Lipinski definition) is 4. The van der Waals surface area contributed by atoms with E-state index in [2.05, 4.69) is 11.0 Å². The topological polar surface area (TPSA) is 53.3 Å². The summed E-state index contributed by atoms with van der Waals surface area (Å²) in [5.41, 5.74) is -0.236. The highest BCUT2D eigenvalue weighted by molar-refractivity contribution is 5.71. The number of unbranched alkanes of at least 4 members (excludes halogenated alkanes) is 1. The molecule has 0 aliphatic heterocycles. The fraction of sp³-hybridized carbons (Fsp3) is 0.875. The first-order chi connectivity index (χ1) is 9.48. The monoisotopic (exact) mass is 280 g/mol. The first-order valence-electron chi connectivity index (χ1n) is 7.70. The molecule has 20 heavy (non-hydrogen) atoms. The zero-order valence-electron chi connectivity index (χ0n) is 13.2. The SMILES string of the molecule is COC(=O)CN(CCCCC(C)(C)C#N)C1CCCC1. The van der Waals surface area contributed by atoms with Gasteiger partial charge in [-0.3, -0.25) is 9.69 Å². The van der Waals surface area contributed by atoms with E-state index >= 15 is 0 Å². The third-order valence-corrected chi connectivity index (χ3v) is 4.20. The van der Waals surface area contributed by atoms with Crippen molar-refractivity contribution in [2.75, 3.05) is 20.2 Å². The number of carbonyl (C=O) groups is 1. The molecule has 1 fully saturated rings. The number of carbonyl (C=O) groups excluding carboxylic acids is 1. The van der Waals surface area contributed by atoms with Crippen molar-refractivity contribution in [3.8, 4) is 6.07 Å². The highest BCUT2D eigenvalue weighted by Gasteiger charge is 2.24. The van der Waals surface area contributed by atoms with E-state index in [0.29, 0.717) is 12.6 Å². The summed E-state index contributed by atoms with van der Waals surface area (Å²) in [5.74, 6) is -0.144. The molecule has 0 aromatic carbocycles. The average Bonchev–Trinajstić information content (AvgIpc) is 2.96. The third-order valence-electron chi connectivity index (χ3n) is 4.20. The Labute approximate surface area is 123 Å². The van der Waals surface area contributed by atoms with Crippen molar-refractivity contribution in [1.82, 2.24) is 4.90 Å². The highest BCUT2D eigenvalue weighted by Crippen LogP contribution is 2.25. The van der Waals surface area contributed by atoms with Gasteiger partial charge in [-0.25, -0.2) is 0 Å². The normalized spacial score (nSPS) is 16.4.